The zero-order valence-corrected chi connectivity index (χ0v) is 9.89. The van der Waals surface area contributed by atoms with Crippen molar-refractivity contribution in [3.8, 4) is 0 Å². The van der Waals surface area contributed by atoms with Crippen molar-refractivity contribution in [3.63, 3.8) is 0 Å². The average molecular weight is 231 g/mol. The van der Waals surface area contributed by atoms with Crippen molar-refractivity contribution in [1.29, 1.82) is 0 Å². The summed E-state index contributed by atoms with van der Waals surface area (Å²) in [6.45, 7) is 0.668. The number of nitrogens with zero attached hydrogens (tertiary/aromatic N) is 1. The maximum absolute atomic E-state index is 5.56. The number of para-hydroxylation sites is 1. The van der Waals surface area contributed by atoms with Gasteiger partial charge in [-0.3, -0.25) is 16.3 Å². The van der Waals surface area contributed by atoms with E-state index in [4.69, 9.17) is 10.6 Å². The fourth-order valence-electron chi connectivity index (χ4n) is 1.86. The first-order chi connectivity index (χ1) is 8.35. The summed E-state index contributed by atoms with van der Waals surface area (Å²) in [5, 5.41) is 1.13. The predicted molar refractivity (Wildman–Crippen MR) is 68.3 cm³/mol. The number of aromatic nitrogens is 1. The molecule has 0 aliphatic carbocycles. The van der Waals surface area contributed by atoms with E-state index in [1.165, 1.54) is 0 Å². The van der Waals surface area contributed by atoms with Crippen LogP contribution in [0.15, 0.2) is 36.5 Å². The summed E-state index contributed by atoms with van der Waals surface area (Å²) in [5.41, 5.74) is 4.88. The Morgan fingerprint density at radius 3 is 3.00 bits per heavy atom. The Balaban J connectivity index is 2.27. The number of benzene rings is 1. The molecule has 0 saturated heterocycles. The number of nitrogens with one attached hydrogen (secondary N) is 1. The van der Waals surface area contributed by atoms with Gasteiger partial charge in [-0.05, 0) is 24.1 Å². The van der Waals surface area contributed by atoms with Crippen molar-refractivity contribution in [2.75, 3.05) is 13.7 Å². The summed E-state index contributed by atoms with van der Waals surface area (Å²) >= 11 is 0. The van der Waals surface area contributed by atoms with Gasteiger partial charge in [0.1, 0.15) is 0 Å². The lowest BCUT2D eigenvalue weighted by molar-refractivity contribution is 0.183. The molecular weight excluding hydrogens is 214 g/mol. The highest BCUT2D eigenvalue weighted by atomic mass is 16.5. The monoisotopic (exact) mass is 231 g/mol. The maximum atomic E-state index is 5.56. The van der Waals surface area contributed by atoms with E-state index in [-0.39, 0.29) is 6.04 Å². The zero-order valence-electron chi connectivity index (χ0n) is 9.89. The number of rotatable bonds is 5. The Bertz CT molecular complexity index is 487. The van der Waals surface area contributed by atoms with Crippen LogP contribution in [0, 0.1) is 0 Å². The number of hydrazine groups is 1. The van der Waals surface area contributed by atoms with E-state index < -0.39 is 0 Å². The van der Waals surface area contributed by atoms with Crippen LogP contribution < -0.4 is 11.3 Å². The van der Waals surface area contributed by atoms with E-state index >= 15 is 0 Å². The third-order valence-corrected chi connectivity index (χ3v) is 2.83. The van der Waals surface area contributed by atoms with E-state index in [1.807, 2.05) is 24.4 Å². The molecule has 1 heterocycles. The number of hydrogen-bond acceptors (Lipinski definition) is 4. The van der Waals surface area contributed by atoms with Gasteiger partial charge in [0.15, 0.2) is 0 Å². The fourth-order valence-corrected chi connectivity index (χ4v) is 1.86. The van der Waals surface area contributed by atoms with Gasteiger partial charge in [-0.25, -0.2) is 0 Å². The van der Waals surface area contributed by atoms with Gasteiger partial charge in [0.25, 0.3) is 0 Å². The molecule has 0 spiro atoms. The lowest BCUT2D eigenvalue weighted by atomic mass is 10.0. The predicted octanol–water partition coefficient (Wildman–Crippen LogP) is 1.78. The van der Waals surface area contributed by atoms with Gasteiger partial charge in [0.05, 0.1) is 5.52 Å². The minimum Gasteiger partial charge on any atom is -0.385 e. The molecule has 4 nitrogen and oxygen atoms in total. The zero-order chi connectivity index (χ0) is 12.1. The van der Waals surface area contributed by atoms with Crippen LogP contribution in [0.2, 0.25) is 0 Å². The summed E-state index contributed by atoms with van der Waals surface area (Å²) < 4.78 is 5.07. The van der Waals surface area contributed by atoms with Crippen molar-refractivity contribution < 1.29 is 4.74 Å². The van der Waals surface area contributed by atoms with E-state index in [0.717, 1.165) is 22.9 Å². The summed E-state index contributed by atoms with van der Waals surface area (Å²) in [6.07, 6.45) is 2.69. The standard InChI is InChI=1S/C13H17N3O/c1-17-7-6-13(16-14)11-8-10-4-2-3-5-12(10)15-9-11/h2-5,8-9,13,16H,6-7,14H2,1H3. The number of fused-ring (bicyclic) bond motifs is 1. The number of methoxy groups -OCH3 is 1. The third-order valence-electron chi connectivity index (χ3n) is 2.83. The van der Waals surface area contributed by atoms with Crippen molar-refractivity contribution in [3.05, 3.63) is 42.1 Å². The van der Waals surface area contributed by atoms with E-state index in [9.17, 15) is 0 Å². The molecule has 0 aliphatic heterocycles. The number of pyridine rings is 1. The molecule has 17 heavy (non-hydrogen) atoms. The Morgan fingerprint density at radius 1 is 1.41 bits per heavy atom. The molecule has 0 aliphatic rings. The first-order valence-electron chi connectivity index (χ1n) is 5.65. The largest absolute Gasteiger partial charge is 0.385 e. The van der Waals surface area contributed by atoms with Crippen molar-refractivity contribution in [1.82, 2.24) is 10.4 Å². The molecule has 90 valence electrons. The summed E-state index contributed by atoms with van der Waals surface area (Å²) in [4.78, 5) is 4.42. The second kappa shape index (κ2) is 5.72. The highest BCUT2D eigenvalue weighted by Gasteiger charge is 2.10. The molecule has 1 unspecified atom stereocenters. The number of hydrogen-bond donors (Lipinski definition) is 2. The molecule has 3 N–H and O–H groups in total. The Hall–Kier alpha value is -1.49. The van der Waals surface area contributed by atoms with Gasteiger partial charge in [-0.2, -0.15) is 0 Å². The first-order valence-corrected chi connectivity index (χ1v) is 5.65. The van der Waals surface area contributed by atoms with Crippen LogP contribution in [0.4, 0.5) is 0 Å². The van der Waals surface area contributed by atoms with Gasteiger partial charge in [0.2, 0.25) is 0 Å². The summed E-state index contributed by atoms with van der Waals surface area (Å²) in [7, 11) is 1.69. The van der Waals surface area contributed by atoms with Crippen molar-refractivity contribution >= 4 is 10.9 Å². The minimum atomic E-state index is 0.0760. The van der Waals surface area contributed by atoms with Crippen LogP contribution in [-0.2, 0) is 4.74 Å². The topological polar surface area (TPSA) is 60.2 Å². The molecule has 0 fully saturated rings. The lowest BCUT2D eigenvalue weighted by Gasteiger charge is -2.15. The smallest absolute Gasteiger partial charge is 0.0702 e. The van der Waals surface area contributed by atoms with Gasteiger partial charge >= 0.3 is 0 Å². The SMILES string of the molecule is COCCC(NN)c1cnc2ccccc2c1. The molecule has 0 amide bonds. The maximum Gasteiger partial charge on any atom is 0.0702 e. The first kappa shape index (κ1) is 12.0. The van der Waals surface area contributed by atoms with Crippen LogP contribution >= 0.6 is 0 Å². The van der Waals surface area contributed by atoms with Crippen LogP contribution in [0.25, 0.3) is 10.9 Å². The normalized spacial score (nSPS) is 12.8. The molecule has 1 aromatic heterocycles. The quantitative estimate of drug-likeness (QED) is 0.608. The van der Waals surface area contributed by atoms with E-state index in [0.29, 0.717) is 6.61 Å². The second-order valence-corrected chi connectivity index (χ2v) is 3.96. The molecule has 0 radical (unpaired) electrons. The fraction of sp³-hybridized carbons (Fsp3) is 0.308. The molecule has 4 heteroatoms. The van der Waals surface area contributed by atoms with Crippen molar-refractivity contribution in [2.24, 2.45) is 5.84 Å². The number of nitrogens with two attached hydrogens (primary N) is 1. The summed E-state index contributed by atoms with van der Waals surface area (Å²) in [6, 6.07) is 10.2. The van der Waals surface area contributed by atoms with Gasteiger partial charge < -0.3 is 4.74 Å². The molecule has 1 atom stereocenters. The Morgan fingerprint density at radius 2 is 2.24 bits per heavy atom. The van der Waals surface area contributed by atoms with Gasteiger partial charge in [0, 0.05) is 31.3 Å². The van der Waals surface area contributed by atoms with Crippen molar-refractivity contribution in [2.45, 2.75) is 12.5 Å². The third kappa shape index (κ3) is 2.79. The minimum absolute atomic E-state index is 0.0760. The van der Waals surface area contributed by atoms with E-state index in [1.54, 1.807) is 7.11 Å². The van der Waals surface area contributed by atoms with Crippen LogP contribution in [0.1, 0.15) is 18.0 Å². The average Bonchev–Trinajstić information content (AvgIpc) is 2.39. The molecule has 2 rings (SSSR count). The molecule has 0 saturated carbocycles. The Labute approximate surface area is 101 Å². The molecule has 1 aromatic carbocycles. The Kier molecular flexibility index (Phi) is 4.03. The highest BCUT2D eigenvalue weighted by molar-refractivity contribution is 5.78. The van der Waals surface area contributed by atoms with Gasteiger partial charge in [-0.15, -0.1) is 0 Å². The molecule has 0 bridgehead atoms. The van der Waals surface area contributed by atoms with E-state index in [2.05, 4.69) is 22.5 Å². The van der Waals surface area contributed by atoms with Crippen LogP contribution in [0.3, 0.4) is 0 Å². The van der Waals surface area contributed by atoms with Crippen LogP contribution in [-0.4, -0.2) is 18.7 Å². The highest BCUT2D eigenvalue weighted by Crippen LogP contribution is 2.19. The number of ether oxygens (including phenoxy) is 1. The van der Waals surface area contributed by atoms with Gasteiger partial charge in [-0.1, -0.05) is 18.2 Å². The lowest BCUT2D eigenvalue weighted by Crippen LogP contribution is -2.29. The summed E-state index contributed by atoms with van der Waals surface area (Å²) in [5.74, 6) is 5.56. The van der Waals surface area contributed by atoms with Crippen LogP contribution in [0.5, 0.6) is 0 Å². The molecular formula is C13H17N3O. The second-order valence-electron chi connectivity index (χ2n) is 3.96. The molecule has 2 aromatic rings.